The van der Waals surface area contributed by atoms with Crippen LogP contribution in [0.1, 0.15) is 36.8 Å². The van der Waals surface area contributed by atoms with Crippen LogP contribution in [0.25, 0.3) is 0 Å². The lowest BCUT2D eigenvalue weighted by molar-refractivity contribution is -0.0305. The van der Waals surface area contributed by atoms with Crippen molar-refractivity contribution in [3.8, 4) is 0 Å². The van der Waals surface area contributed by atoms with E-state index < -0.39 is 31.3 Å². The molecule has 3 rings (SSSR count). The lowest BCUT2D eigenvalue weighted by Gasteiger charge is -2.42. The van der Waals surface area contributed by atoms with E-state index in [1.165, 1.54) is 30.3 Å². The Labute approximate surface area is 196 Å². The average molecular weight is 495 g/mol. The van der Waals surface area contributed by atoms with Crippen LogP contribution in [0, 0.1) is 19.3 Å². The topological polar surface area (TPSA) is 107 Å². The Morgan fingerprint density at radius 3 is 1.48 bits per heavy atom. The van der Waals surface area contributed by atoms with Gasteiger partial charge < -0.3 is 5.11 Å². The summed E-state index contributed by atoms with van der Waals surface area (Å²) in [5.41, 5.74) is -0.174. The van der Waals surface area contributed by atoms with Crippen molar-refractivity contribution in [3.63, 3.8) is 0 Å². The summed E-state index contributed by atoms with van der Waals surface area (Å²) in [5.74, 6) is 0. The minimum absolute atomic E-state index is 0.0230. The molecule has 0 atom stereocenters. The van der Waals surface area contributed by atoms with Crippen LogP contribution in [0.5, 0.6) is 0 Å². The fraction of sp³-hybridized carbons (Fsp3) is 0.417. The van der Waals surface area contributed by atoms with Crippen LogP contribution >= 0.6 is 0 Å². The number of hydrogen-bond acceptors (Lipinski definition) is 7. The summed E-state index contributed by atoms with van der Waals surface area (Å²) in [4.78, 5) is 0.0460. The van der Waals surface area contributed by atoms with E-state index in [2.05, 4.69) is 6.58 Å². The average Bonchev–Trinajstić information content (AvgIpc) is 2.79. The summed E-state index contributed by atoms with van der Waals surface area (Å²) in [7, 11) is -8.09. The van der Waals surface area contributed by atoms with Crippen molar-refractivity contribution in [3.05, 3.63) is 72.3 Å². The molecule has 7 nitrogen and oxygen atoms in total. The molecule has 1 aliphatic carbocycles. The highest BCUT2D eigenvalue weighted by Gasteiger charge is 2.43. The first-order valence-electron chi connectivity index (χ1n) is 10.7. The van der Waals surface area contributed by atoms with Gasteiger partial charge in [0.25, 0.3) is 20.2 Å². The van der Waals surface area contributed by atoms with E-state index in [-0.39, 0.29) is 23.0 Å². The zero-order valence-corrected chi connectivity index (χ0v) is 20.5. The van der Waals surface area contributed by atoms with Gasteiger partial charge in [0.15, 0.2) is 0 Å². The molecule has 0 spiro atoms. The lowest BCUT2D eigenvalue weighted by atomic mass is 9.69. The summed E-state index contributed by atoms with van der Waals surface area (Å²) in [5, 5.41) is 10.5. The van der Waals surface area contributed by atoms with Crippen LogP contribution in [-0.4, -0.2) is 40.8 Å². The summed E-state index contributed by atoms with van der Waals surface area (Å²) >= 11 is 0. The zero-order valence-electron chi connectivity index (χ0n) is 18.9. The molecule has 0 heterocycles. The number of rotatable bonds is 9. The molecule has 9 heteroatoms. The fourth-order valence-electron chi connectivity index (χ4n) is 3.70. The van der Waals surface area contributed by atoms with E-state index in [4.69, 9.17) is 8.37 Å². The van der Waals surface area contributed by atoms with Crippen molar-refractivity contribution in [2.75, 3.05) is 13.2 Å². The van der Waals surface area contributed by atoms with Crippen LogP contribution in [0.3, 0.4) is 0 Å². The van der Waals surface area contributed by atoms with Crippen LogP contribution in [0.15, 0.2) is 71.0 Å². The van der Waals surface area contributed by atoms with Gasteiger partial charge in [-0.3, -0.25) is 8.37 Å². The Balaban J connectivity index is 1.79. The molecule has 1 fully saturated rings. The normalized spacial score (nSPS) is 18.0. The molecule has 0 radical (unpaired) electrons. The van der Waals surface area contributed by atoms with Gasteiger partial charge in [-0.15, -0.1) is 6.58 Å². The third kappa shape index (κ3) is 6.30. The van der Waals surface area contributed by atoms with Crippen molar-refractivity contribution in [1.29, 1.82) is 0 Å². The predicted molar refractivity (Wildman–Crippen MR) is 125 cm³/mol. The molecule has 0 aliphatic heterocycles. The molecule has 2 aromatic carbocycles. The fourth-order valence-corrected chi connectivity index (χ4v) is 5.72. The van der Waals surface area contributed by atoms with Crippen LogP contribution in [0.4, 0.5) is 0 Å². The zero-order chi connectivity index (χ0) is 24.3. The first kappa shape index (κ1) is 25.6. The standard InChI is InChI=1S/C24H30O7S2/c1-4-24(25)15-13-23(14-16-24,17-30-32(26,27)21-9-5-19(2)6-10-21)18-31-33(28,29)22-11-7-20(3)8-12-22/h4-12,25H,1,13-18H2,2-3H3. The number of hydrogen-bond donors (Lipinski definition) is 1. The van der Waals surface area contributed by atoms with Gasteiger partial charge in [-0.1, -0.05) is 41.5 Å². The van der Waals surface area contributed by atoms with Crippen LogP contribution in [0.2, 0.25) is 0 Å². The molecule has 0 saturated heterocycles. The Morgan fingerprint density at radius 1 is 0.788 bits per heavy atom. The molecule has 0 unspecified atom stereocenters. The monoisotopic (exact) mass is 494 g/mol. The van der Waals surface area contributed by atoms with E-state index >= 15 is 0 Å². The smallest absolute Gasteiger partial charge is 0.296 e. The van der Waals surface area contributed by atoms with Gasteiger partial charge in [-0.25, -0.2) is 0 Å². The van der Waals surface area contributed by atoms with Crippen LogP contribution < -0.4 is 0 Å². The summed E-state index contributed by atoms with van der Waals surface area (Å²) < 4.78 is 61.6. The summed E-state index contributed by atoms with van der Waals surface area (Å²) in [6, 6.07) is 12.6. The highest BCUT2D eigenvalue weighted by Crippen LogP contribution is 2.43. The maximum atomic E-state index is 12.7. The van der Waals surface area contributed by atoms with Gasteiger partial charge in [0.2, 0.25) is 0 Å². The van der Waals surface area contributed by atoms with Crippen molar-refractivity contribution in [2.24, 2.45) is 5.41 Å². The minimum atomic E-state index is -4.05. The highest BCUT2D eigenvalue weighted by atomic mass is 32.2. The van der Waals surface area contributed by atoms with E-state index in [0.717, 1.165) is 11.1 Å². The second kappa shape index (κ2) is 9.68. The molecule has 0 amide bonds. The van der Waals surface area contributed by atoms with Crippen LogP contribution in [-0.2, 0) is 28.6 Å². The van der Waals surface area contributed by atoms with Crippen molar-refractivity contribution in [1.82, 2.24) is 0 Å². The first-order chi connectivity index (χ1) is 15.4. The number of benzene rings is 2. The predicted octanol–water partition coefficient (Wildman–Crippen LogP) is 3.89. The SMILES string of the molecule is C=CC1(O)CCC(COS(=O)(=O)c2ccc(C)cc2)(COS(=O)(=O)c2ccc(C)cc2)CC1. The quantitative estimate of drug-likeness (QED) is 0.416. The Morgan fingerprint density at radius 2 is 1.15 bits per heavy atom. The molecular formula is C24H30O7S2. The second-order valence-corrected chi connectivity index (χ2v) is 12.1. The summed E-state index contributed by atoms with van der Waals surface area (Å²) in [6.07, 6.45) is 2.66. The molecule has 0 bridgehead atoms. The van der Waals surface area contributed by atoms with Crippen molar-refractivity contribution >= 4 is 20.2 Å². The Bertz CT molecular complexity index is 1090. The van der Waals surface area contributed by atoms with Gasteiger partial charge >= 0.3 is 0 Å². The van der Waals surface area contributed by atoms with Gasteiger partial charge in [-0.2, -0.15) is 16.8 Å². The van der Waals surface area contributed by atoms with Crippen molar-refractivity contribution < 1.29 is 30.3 Å². The Hall–Kier alpha value is -2.04. The molecule has 33 heavy (non-hydrogen) atoms. The molecule has 2 aromatic rings. The number of aliphatic hydroxyl groups is 1. The molecule has 0 aromatic heterocycles. The van der Waals surface area contributed by atoms with E-state index in [9.17, 15) is 21.9 Å². The van der Waals surface area contributed by atoms with Gasteiger partial charge in [0.05, 0.1) is 28.6 Å². The largest absolute Gasteiger partial charge is 0.386 e. The highest BCUT2D eigenvalue weighted by molar-refractivity contribution is 7.87. The van der Waals surface area contributed by atoms with Gasteiger partial charge in [-0.05, 0) is 63.8 Å². The first-order valence-corrected chi connectivity index (χ1v) is 13.5. The van der Waals surface area contributed by atoms with Crippen molar-refractivity contribution in [2.45, 2.75) is 54.9 Å². The molecular weight excluding hydrogens is 464 g/mol. The number of aryl methyl sites for hydroxylation is 2. The third-order valence-corrected chi connectivity index (χ3v) is 8.77. The molecule has 1 saturated carbocycles. The van der Waals surface area contributed by atoms with E-state index in [1.54, 1.807) is 24.3 Å². The van der Waals surface area contributed by atoms with Gasteiger partial charge in [0, 0.05) is 5.41 Å². The third-order valence-electron chi connectivity index (χ3n) is 6.22. The summed E-state index contributed by atoms with van der Waals surface area (Å²) in [6.45, 7) is 6.83. The molecule has 1 aliphatic rings. The maximum absolute atomic E-state index is 12.7. The lowest BCUT2D eigenvalue weighted by Crippen LogP contribution is -2.43. The second-order valence-electron chi connectivity index (χ2n) is 8.87. The van der Waals surface area contributed by atoms with Gasteiger partial charge in [0.1, 0.15) is 0 Å². The van der Waals surface area contributed by atoms with E-state index in [0.29, 0.717) is 25.7 Å². The molecule has 1 N–H and O–H groups in total. The minimum Gasteiger partial charge on any atom is -0.386 e. The Kier molecular flexibility index (Phi) is 7.50. The molecule has 180 valence electrons. The van der Waals surface area contributed by atoms with E-state index in [1.807, 2.05) is 13.8 Å². The maximum Gasteiger partial charge on any atom is 0.296 e.